The van der Waals surface area contributed by atoms with Crippen LogP contribution in [0.2, 0.25) is 0 Å². The van der Waals surface area contributed by atoms with Crippen LogP contribution >= 0.6 is 15.9 Å². The first-order valence-electron chi connectivity index (χ1n) is 5.28. The van der Waals surface area contributed by atoms with Gasteiger partial charge in [-0.3, -0.25) is 0 Å². The Morgan fingerprint density at radius 2 is 2.12 bits per heavy atom. The Morgan fingerprint density at radius 1 is 1.44 bits per heavy atom. The fourth-order valence-electron chi connectivity index (χ4n) is 1.85. The van der Waals surface area contributed by atoms with E-state index in [9.17, 15) is 0 Å². The van der Waals surface area contributed by atoms with Crippen molar-refractivity contribution in [2.45, 2.75) is 25.2 Å². The normalized spacial score (nSPS) is 29.6. The summed E-state index contributed by atoms with van der Waals surface area (Å²) in [4.78, 5) is 0. The molecule has 3 nitrogen and oxygen atoms in total. The van der Waals surface area contributed by atoms with Crippen LogP contribution in [0.3, 0.4) is 0 Å². The number of aliphatic hydroxyl groups excluding tert-OH is 1. The lowest BCUT2D eigenvalue weighted by atomic mass is 10.1. The van der Waals surface area contributed by atoms with E-state index in [-0.39, 0.29) is 12.7 Å². The molecule has 0 aliphatic carbocycles. The predicted molar refractivity (Wildman–Crippen MR) is 64.2 cm³/mol. The average molecular weight is 287 g/mol. The zero-order chi connectivity index (χ0) is 11.6. The minimum Gasteiger partial charge on any atom is -0.394 e. The second-order valence-electron chi connectivity index (χ2n) is 4.17. The predicted octanol–water partition coefficient (Wildman–Crippen LogP) is 2.12. The van der Waals surface area contributed by atoms with E-state index >= 15 is 0 Å². The van der Waals surface area contributed by atoms with Gasteiger partial charge in [-0.1, -0.05) is 28.1 Å². The minimum absolute atomic E-state index is 0.00985. The average Bonchev–Trinajstić information content (AvgIpc) is 2.64. The van der Waals surface area contributed by atoms with Crippen molar-refractivity contribution >= 4 is 15.9 Å². The molecule has 1 saturated heterocycles. The number of hydrogen-bond donors (Lipinski definition) is 1. The van der Waals surface area contributed by atoms with Crippen LogP contribution in [0.4, 0.5) is 0 Å². The Labute approximate surface area is 104 Å². The van der Waals surface area contributed by atoms with Gasteiger partial charge in [-0.05, 0) is 24.6 Å². The Balaban J connectivity index is 2.01. The minimum atomic E-state index is -0.610. The molecular weight excluding hydrogens is 272 g/mol. The van der Waals surface area contributed by atoms with Crippen molar-refractivity contribution in [2.24, 2.45) is 0 Å². The first-order chi connectivity index (χ1) is 7.61. The summed E-state index contributed by atoms with van der Waals surface area (Å²) < 4.78 is 12.3. The van der Waals surface area contributed by atoms with E-state index < -0.39 is 5.79 Å². The van der Waals surface area contributed by atoms with Crippen LogP contribution in [-0.2, 0) is 15.9 Å². The fourth-order valence-corrected chi connectivity index (χ4v) is 2.11. The van der Waals surface area contributed by atoms with E-state index in [2.05, 4.69) is 15.9 Å². The zero-order valence-corrected chi connectivity index (χ0v) is 10.7. The summed E-state index contributed by atoms with van der Waals surface area (Å²) in [6.07, 6.45) is 0.497. The van der Waals surface area contributed by atoms with Crippen molar-refractivity contribution in [3.8, 4) is 0 Å². The first-order valence-corrected chi connectivity index (χ1v) is 6.08. The summed E-state index contributed by atoms with van der Waals surface area (Å²) in [5.74, 6) is -0.610. The molecule has 16 heavy (non-hydrogen) atoms. The summed E-state index contributed by atoms with van der Waals surface area (Å²) in [5.41, 5.74) is 1.16. The summed E-state index contributed by atoms with van der Waals surface area (Å²) in [7, 11) is 0. The maximum Gasteiger partial charge on any atom is 0.170 e. The first kappa shape index (κ1) is 12.0. The van der Waals surface area contributed by atoms with Gasteiger partial charge in [0.25, 0.3) is 0 Å². The van der Waals surface area contributed by atoms with Gasteiger partial charge in [-0.2, -0.15) is 0 Å². The van der Waals surface area contributed by atoms with Gasteiger partial charge in [-0.15, -0.1) is 0 Å². The van der Waals surface area contributed by atoms with E-state index in [0.717, 1.165) is 10.0 Å². The van der Waals surface area contributed by atoms with Crippen molar-refractivity contribution in [3.63, 3.8) is 0 Å². The monoisotopic (exact) mass is 286 g/mol. The van der Waals surface area contributed by atoms with Gasteiger partial charge in [0, 0.05) is 10.9 Å². The largest absolute Gasteiger partial charge is 0.394 e. The Bertz CT molecular complexity index is 352. The van der Waals surface area contributed by atoms with Crippen LogP contribution in [0, 0.1) is 0 Å². The van der Waals surface area contributed by atoms with E-state index in [1.165, 1.54) is 0 Å². The molecule has 4 heteroatoms. The molecule has 0 amide bonds. The molecule has 0 saturated carbocycles. The maximum absolute atomic E-state index is 8.99. The SMILES string of the molecule is CC1(Cc2ccc(Br)cc2)OCC(CO)O1. The molecule has 2 atom stereocenters. The molecule has 0 radical (unpaired) electrons. The Kier molecular flexibility index (Phi) is 3.64. The third kappa shape index (κ3) is 2.83. The van der Waals surface area contributed by atoms with Gasteiger partial charge in [0.05, 0.1) is 13.2 Å². The summed E-state index contributed by atoms with van der Waals surface area (Å²) in [6, 6.07) is 8.07. The number of hydrogen-bond acceptors (Lipinski definition) is 3. The molecule has 1 fully saturated rings. The van der Waals surface area contributed by atoms with Gasteiger partial charge < -0.3 is 14.6 Å². The molecule has 0 aromatic heterocycles. The van der Waals surface area contributed by atoms with Crippen LogP contribution in [0.5, 0.6) is 0 Å². The van der Waals surface area contributed by atoms with E-state index in [4.69, 9.17) is 14.6 Å². The second kappa shape index (κ2) is 4.84. The molecule has 88 valence electrons. The fraction of sp³-hybridized carbons (Fsp3) is 0.500. The zero-order valence-electron chi connectivity index (χ0n) is 9.15. The summed E-state index contributed by atoms with van der Waals surface area (Å²) >= 11 is 3.40. The lowest BCUT2D eigenvalue weighted by Crippen LogP contribution is -2.30. The van der Waals surface area contributed by atoms with Gasteiger partial charge >= 0.3 is 0 Å². The number of ether oxygens (including phenoxy) is 2. The molecule has 1 aromatic carbocycles. The molecule has 0 spiro atoms. The van der Waals surface area contributed by atoms with Crippen molar-refractivity contribution in [1.29, 1.82) is 0 Å². The van der Waals surface area contributed by atoms with Gasteiger partial charge in [0.2, 0.25) is 0 Å². The van der Waals surface area contributed by atoms with E-state index in [1.807, 2.05) is 31.2 Å². The van der Waals surface area contributed by atoms with E-state index in [1.54, 1.807) is 0 Å². The van der Waals surface area contributed by atoms with Gasteiger partial charge in [0.15, 0.2) is 5.79 Å². The second-order valence-corrected chi connectivity index (χ2v) is 5.09. The van der Waals surface area contributed by atoms with Crippen LogP contribution in [0.25, 0.3) is 0 Å². The van der Waals surface area contributed by atoms with Gasteiger partial charge in [0.1, 0.15) is 6.10 Å². The molecule has 1 N–H and O–H groups in total. The summed E-state index contributed by atoms with van der Waals surface area (Å²) in [5, 5.41) is 8.99. The van der Waals surface area contributed by atoms with Crippen LogP contribution in [0.15, 0.2) is 28.7 Å². The lowest BCUT2D eigenvalue weighted by molar-refractivity contribution is -0.156. The molecular formula is C12H15BrO3. The van der Waals surface area contributed by atoms with Crippen molar-refractivity contribution in [2.75, 3.05) is 13.2 Å². The van der Waals surface area contributed by atoms with Crippen LogP contribution in [0.1, 0.15) is 12.5 Å². The van der Waals surface area contributed by atoms with Gasteiger partial charge in [-0.25, -0.2) is 0 Å². The Morgan fingerprint density at radius 3 is 2.69 bits per heavy atom. The van der Waals surface area contributed by atoms with Crippen molar-refractivity contribution in [3.05, 3.63) is 34.3 Å². The molecule has 2 unspecified atom stereocenters. The number of aliphatic hydroxyl groups is 1. The van der Waals surface area contributed by atoms with E-state index in [0.29, 0.717) is 13.0 Å². The molecule has 0 bridgehead atoms. The Hall–Kier alpha value is -0.420. The molecule has 2 rings (SSSR count). The smallest absolute Gasteiger partial charge is 0.170 e. The molecule has 1 aliphatic heterocycles. The highest BCUT2D eigenvalue weighted by Crippen LogP contribution is 2.27. The topological polar surface area (TPSA) is 38.7 Å². The highest BCUT2D eigenvalue weighted by molar-refractivity contribution is 9.10. The molecule has 1 aromatic rings. The highest BCUT2D eigenvalue weighted by atomic mass is 79.9. The lowest BCUT2D eigenvalue weighted by Gasteiger charge is -2.23. The third-order valence-corrected chi connectivity index (χ3v) is 3.16. The standard InChI is InChI=1S/C12H15BrO3/c1-12(15-8-11(7-14)16-12)6-9-2-4-10(13)5-3-9/h2-5,11,14H,6-8H2,1H3. The maximum atomic E-state index is 8.99. The van der Waals surface area contributed by atoms with Crippen LogP contribution in [-0.4, -0.2) is 30.2 Å². The quantitative estimate of drug-likeness (QED) is 0.925. The number of rotatable bonds is 3. The third-order valence-electron chi connectivity index (χ3n) is 2.63. The molecule has 1 aliphatic rings. The van der Waals surface area contributed by atoms with Crippen molar-refractivity contribution < 1.29 is 14.6 Å². The van der Waals surface area contributed by atoms with Crippen molar-refractivity contribution in [1.82, 2.24) is 0 Å². The van der Waals surface area contributed by atoms with Crippen LogP contribution < -0.4 is 0 Å². The number of benzene rings is 1. The highest BCUT2D eigenvalue weighted by Gasteiger charge is 2.36. The summed E-state index contributed by atoms with van der Waals surface area (Å²) in [6.45, 7) is 2.38. The number of halogens is 1. The molecule has 1 heterocycles.